The van der Waals surface area contributed by atoms with E-state index in [1.807, 2.05) is 0 Å². The van der Waals surface area contributed by atoms with Crippen LogP contribution in [0.15, 0.2) is 45.6 Å². The van der Waals surface area contributed by atoms with Crippen LogP contribution in [0, 0.1) is 0 Å². The van der Waals surface area contributed by atoms with E-state index in [0.29, 0.717) is 0 Å². The van der Waals surface area contributed by atoms with Gasteiger partial charge in [0.15, 0.2) is 60.9 Å². The molecule has 4 heterocycles. The molecule has 0 radical (unpaired) electrons. The predicted octanol–water partition coefficient (Wildman–Crippen LogP) is 2.75. The molecule has 3 aliphatic rings. The number of fused-ring (bicyclic) bond motifs is 1. The zero-order valence-corrected chi connectivity index (χ0v) is 45.2. The summed E-state index contributed by atoms with van der Waals surface area (Å²) in [4.78, 5) is 140. The van der Waals surface area contributed by atoms with Crippen LogP contribution in [0.5, 0.6) is 23.0 Å². The number of rotatable bonds is 17. The van der Waals surface area contributed by atoms with Gasteiger partial charge < -0.3 is 80.2 Å². The lowest BCUT2D eigenvalue weighted by molar-refractivity contribution is -0.347. The van der Waals surface area contributed by atoms with E-state index in [4.69, 9.17) is 80.2 Å². The fourth-order valence-electron chi connectivity index (χ4n) is 8.87. The molecule has 3 aromatic rings. The number of hydrogen-bond donors (Lipinski definition) is 0. The van der Waals surface area contributed by atoms with Gasteiger partial charge in [0, 0.05) is 86.9 Å². The summed E-state index contributed by atoms with van der Waals surface area (Å²) in [6.07, 6.45) is -22.2. The highest BCUT2D eigenvalue weighted by atomic mass is 16.8. The van der Waals surface area contributed by atoms with E-state index in [1.54, 1.807) is 0 Å². The summed E-state index contributed by atoms with van der Waals surface area (Å²) in [6.45, 7) is 12.7. The standard InChI is InChI=1S/C52H58O28/c1-20-40(70-25(6)56)45(73-28(9)59)48(75-30(11)61)51(65-20)77-34-17-35(68-23(4)54)38-36(18-34)78-42(32-13-15-33(16-14-32)67-22(3)53)44(39(38)63)79-50-47(43(72-27(8)58)37(19-64-50)69-24(5)55)80-52-49(76-31(12)62)46(74-29(10)60)41(21(2)66-52)71-26(7)57/h13-18,20-21,37,40-41,43,45-52H,19H2,1-12H3/t20-,21-,37-,40-,41-,43-,45+,46+,47+,48+,49+,50-,51-,52-/m0/s1. The molecule has 14 atom stereocenters. The first kappa shape index (κ1) is 61.0. The summed E-state index contributed by atoms with van der Waals surface area (Å²) in [5.74, 6) is -10.8. The summed E-state index contributed by atoms with van der Waals surface area (Å²) in [6, 6.07) is 7.56. The lowest BCUT2D eigenvalue weighted by Crippen LogP contribution is -2.65. The molecule has 1 aromatic heterocycles. The maximum Gasteiger partial charge on any atom is 0.308 e. The summed E-state index contributed by atoms with van der Waals surface area (Å²) in [5.41, 5.74) is -1.48. The highest BCUT2D eigenvalue weighted by Gasteiger charge is 2.56. The second-order valence-corrected chi connectivity index (χ2v) is 18.2. The van der Waals surface area contributed by atoms with Gasteiger partial charge in [0.25, 0.3) is 0 Å². The van der Waals surface area contributed by atoms with Crippen LogP contribution < -0.4 is 24.4 Å². The topological polar surface area (TPSA) is 349 Å². The minimum atomic E-state index is -1.98. The van der Waals surface area contributed by atoms with Crippen LogP contribution in [0.1, 0.15) is 83.1 Å². The van der Waals surface area contributed by atoms with Crippen molar-refractivity contribution in [2.24, 2.45) is 0 Å². The highest BCUT2D eigenvalue weighted by Crippen LogP contribution is 2.41. The van der Waals surface area contributed by atoms with Crippen LogP contribution in [0.25, 0.3) is 22.3 Å². The Bertz CT molecular complexity index is 2930. The van der Waals surface area contributed by atoms with Crippen LogP contribution in [-0.2, 0) is 105 Å². The third-order valence-electron chi connectivity index (χ3n) is 11.6. The second-order valence-electron chi connectivity index (χ2n) is 18.2. The Morgan fingerprint density at radius 1 is 0.450 bits per heavy atom. The van der Waals surface area contributed by atoms with Crippen LogP contribution in [0.4, 0.5) is 0 Å². The van der Waals surface area contributed by atoms with E-state index in [9.17, 15) is 47.9 Å². The number of hydrogen-bond acceptors (Lipinski definition) is 28. The van der Waals surface area contributed by atoms with Crippen molar-refractivity contribution in [2.45, 2.75) is 169 Å². The van der Waals surface area contributed by atoms with Crippen molar-refractivity contribution >= 4 is 70.7 Å². The van der Waals surface area contributed by atoms with Crippen molar-refractivity contribution in [3.63, 3.8) is 0 Å². The Balaban J connectivity index is 1.56. The van der Waals surface area contributed by atoms with Crippen molar-refractivity contribution < 1.29 is 128 Å². The Labute approximate surface area is 454 Å². The van der Waals surface area contributed by atoms with Crippen molar-refractivity contribution in [1.29, 1.82) is 0 Å². The molecule has 28 nitrogen and oxygen atoms in total. The molecule has 3 fully saturated rings. The van der Waals surface area contributed by atoms with Gasteiger partial charge in [-0.3, -0.25) is 52.7 Å². The third-order valence-corrected chi connectivity index (χ3v) is 11.6. The Hall–Kier alpha value is -8.21. The Morgan fingerprint density at radius 3 is 1.39 bits per heavy atom. The lowest BCUT2D eigenvalue weighted by Gasteiger charge is -2.46. The molecule has 0 saturated carbocycles. The van der Waals surface area contributed by atoms with E-state index in [0.717, 1.165) is 81.4 Å². The lowest BCUT2D eigenvalue weighted by atomic mass is 9.98. The molecule has 0 aliphatic carbocycles. The van der Waals surface area contributed by atoms with Gasteiger partial charge in [-0.15, -0.1) is 0 Å². The summed E-state index contributed by atoms with van der Waals surface area (Å²) < 4.78 is 98.8. The maximum atomic E-state index is 15.4. The zero-order valence-electron chi connectivity index (χ0n) is 45.2. The Morgan fingerprint density at radius 2 is 0.900 bits per heavy atom. The fraction of sp³-hybridized carbons (Fsp3) is 0.519. The molecule has 80 heavy (non-hydrogen) atoms. The van der Waals surface area contributed by atoms with Gasteiger partial charge >= 0.3 is 59.7 Å². The molecule has 0 unspecified atom stereocenters. The largest absolute Gasteiger partial charge is 0.460 e. The molecule has 6 rings (SSSR count). The van der Waals surface area contributed by atoms with Crippen LogP contribution >= 0.6 is 0 Å². The van der Waals surface area contributed by atoms with Gasteiger partial charge in [-0.1, -0.05) is 0 Å². The van der Waals surface area contributed by atoms with Gasteiger partial charge in [0.2, 0.25) is 29.9 Å². The monoisotopic (exact) mass is 1130 g/mol. The van der Waals surface area contributed by atoms with Gasteiger partial charge in [-0.2, -0.15) is 0 Å². The van der Waals surface area contributed by atoms with Crippen molar-refractivity contribution in [3.05, 3.63) is 46.6 Å². The smallest absolute Gasteiger partial charge is 0.308 e. The van der Waals surface area contributed by atoms with Crippen molar-refractivity contribution in [1.82, 2.24) is 0 Å². The van der Waals surface area contributed by atoms with Crippen LogP contribution in [-0.4, -0.2) is 152 Å². The normalized spacial score (nSPS) is 27.1. The molecule has 2 aromatic carbocycles. The van der Waals surface area contributed by atoms with Crippen molar-refractivity contribution in [3.8, 4) is 34.3 Å². The van der Waals surface area contributed by atoms with Crippen LogP contribution in [0.3, 0.4) is 0 Å². The molecule has 0 bridgehead atoms. The zero-order chi connectivity index (χ0) is 59.0. The molecule has 0 amide bonds. The summed E-state index contributed by atoms with van der Waals surface area (Å²) in [5, 5.41) is -0.507. The Kier molecular flexibility index (Phi) is 20.0. The van der Waals surface area contributed by atoms with E-state index in [2.05, 4.69) is 0 Å². The molecule has 3 aliphatic heterocycles. The summed E-state index contributed by atoms with van der Waals surface area (Å²) in [7, 11) is 0. The maximum absolute atomic E-state index is 15.4. The molecule has 28 heteroatoms. The van der Waals surface area contributed by atoms with E-state index >= 15 is 4.79 Å². The van der Waals surface area contributed by atoms with E-state index in [1.165, 1.54) is 38.1 Å². The highest BCUT2D eigenvalue weighted by molar-refractivity contribution is 5.90. The molecule has 0 spiro atoms. The minimum Gasteiger partial charge on any atom is -0.460 e. The van der Waals surface area contributed by atoms with Gasteiger partial charge in [0.05, 0.1) is 18.8 Å². The number of benzene rings is 2. The first-order valence-corrected chi connectivity index (χ1v) is 24.5. The number of carbonyl (C=O) groups excluding carboxylic acids is 10. The molecule has 3 saturated heterocycles. The number of ether oxygens (including phenoxy) is 16. The van der Waals surface area contributed by atoms with E-state index < -0.39 is 186 Å². The van der Waals surface area contributed by atoms with Crippen LogP contribution in [0.2, 0.25) is 0 Å². The van der Waals surface area contributed by atoms with Gasteiger partial charge in [-0.05, 0) is 38.1 Å². The first-order valence-electron chi connectivity index (χ1n) is 24.5. The van der Waals surface area contributed by atoms with Gasteiger partial charge in [-0.25, -0.2) is 0 Å². The molecular formula is C52H58O28. The first-order chi connectivity index (χ1) is 37.6. The average Bonchev–Trinajstić information content (AvgIpc) is 3.37. The van der Waals surface area contributed by atoms with Gasteiger partial charge in [0.1, 0.15) is 28.2 Å². The third kappa shape index (κ3) is 15.3. The quantitative estimate of drug-likeness (QED) is 0.106. The number of carbonyl (C=O) groups is 10. The van der Waals surface area contributed by atoms with E-state index in [-0.39, 0.29) is 17.1 Å². The number of esters is 10. The molecular weight excluding hydrogens is 1070 g/mol. The molecule has 0 N–H and O–H groups in total. The van der Waals surface area contributed by atoms with Crippen molar-refractivity contribution in [2.75, 3.05) is 6.61 Å². The SMILES string of the molecule is CC(=O)Oc1ccc(-c2oc3cc(O[C@@H]4O[C@@H](C)[C@H](OC(C)=O)[C@@H](OC(C)=O)[C@H]4OC(C)=O)cc(OC(C)=O)c3c(=O)c2O[C@@H]2OC[C@H](OC(C)=O)[C@H](OC(C)=O)[C@H]2O[C@@H]2O[C@@H](C)[C@H](OC(C)=O)[C@@H](OC(C)=O)[C@H]2OC(C)=O)cc1. The summed E-state index contributed by atoms with van der Waals surface area (Å²) >= 11 is 0. The second kappa shape index (κ2) is 26.2. The average molecular weight is 1130 g/mol. The molecule has 434 valence electrons. The predicted molar refractivity (Wildman–Crippen MR) is 260 cm³/mol. The minimum absolute atomic E-state index is 0.0260. The fourth-order valence-corrected chi connectivity index (χ4v) is 8.87.